The summed E-state index contributed by atoms with van der Waals surface area (Å²) in [4.78, 5) is 15.7. The van der Waals surface area contributed by atoms with E-state index in [2.05, 4.69) is 42.7 Å². The summed E-state index contributed by atoms with van der Waals surface area (Å²) in [6.45, 7) is 4.79. The summed E-state index contributed by atoms with van der Waals surface area (Å²) in [7, 11) is 1.83. The number of halogens is 1. The number of benzene rings is 1. The van der Waals surface area contributed by atoms with E-state index in [9.17, 15) is 0 Å². The van der Waals surface area contributed by atoms with Crippen molar-refractivity contribution >= 4 is 51.5 Å². The number of rotatable bonds is 4. The average Bonchev–Trinajstić information content (AvgIpc) is 3.55. The Hall–Kier alpha value is -2.40. The molecule has 2 unspecified atom stereocenters. The molecule has 7 nitrogen and oxygen atoms in total. The van der Waals surface area contributed by atoms with Crippen molar-refractivity contribution in [3.8, 4) is 10.8 Å². The number of thiazole rings is 1. The van der Waals surface area contributed by atoms with Crippen molar-refractivity contribution in [2.75, 3.05) is 20.1 Å². The van der Waals surface area contributed by atoms with Crippen LogP contribution in [0.15, 0.2) is 64.5 Å². The van der Waals surface area contributed by atoms with E-state index in [0.717, 1.165) is 47.5 Å². The van der Waals surface area contributed by atoms with Gasteiger partial charge in [0.2, 0.25) is 0 Å². The van der Waals surface area contributed by atoms with Crippen molar-refractivity contribution in [1.29, 1.82) is 0 Å². The number of piperidine rings is 1. The maximum Gasteiger partial charge on any atom is 0.194 e. The third-order valence-electron chi connectivity index (χ3n) is 5.92. The Morgan fingerprint density at radius 2 is 2.16 bits per heavy atom. The van der Waals surface area contributed by atoms with Crippen LogP contribution in [-0.2, 0) is 6.54 Å². The summed E-state index contributed by atoms with van der Waals surface area (Å²) in [5, 5.41) is 4.38. The molecule has 0 aliphatic carbocycles. The molecule has 0 saturated carbocycles. The molecule has 1 aliphatic rings. The maximum absolute atomic E-state index is 6.08. The van der Waals surface area contributed by atoms with Gasteiger partial charge in [-0.05, 0) is 36.6 Å². The van der Waals surface area contributed by atoms with Crippen LogP contribution in [0, 0.1) is 5.92 Å². The van der Waals surface area contributed by atoms with Gasteiger partial charge in [-0.2, -0.15) is 0 Å². The fraction of sp³-hybridized carbons (Fsp3) is 0.348. The number of guanidine groups is 1. The molecule has 1 aliphatic heterocycles. The first-order chi connectivity index (χ1) is 15.2. The SMILES string of the molecule is CN=C(NCc1ccc(-c2nc3ccccc3s2)o1)N1CCC(C)C(n2ccnc2)C1.I. The van der Waals surface area contributed by atoms with Gasteiger partial charge in [-0.15, -0.1) is 35.3 Å². The Morgan fingerprint density at radius 3 is 2.94 bits per heavy atom. The maximum atomic E-state index is 6.08. The predicted molar refractivity (Wildman–Crippen MR) is 140 cm³/mol. The molecule has 4 heterocycles. The van der Waals surface area contributed by atoms with Crippen molar-refractivity contribution in [1.82, 2.24) is 24.8 Å². The summed E-state index contributed by atoms with van der Waals surface area (Å²) < 4.78 is 9.45. The number of hydrogen-bond donors (Lipinski definition) is 1. The molecule has 1 N–H and O–H groups in total. The Balaban J connectivity index is 0.00000245. The Bertz CT molecular complexity index is 1150. The van der Waals surface area contributed by atoms with Crippen LogP contribution in [0.4, 0.5) is 0 Å². The molecule has 0 amide bonds. The van der Waals surface area contributed by atoms with E-state index in [1.54, 1.807) is 11.3 Å². The lowest BCUT2D eigenvalue weighted by Crippen LogP contribution is -2.48. The van der Waals surface area contributed by atoms with Crippen molar-refractivity contribution in [3.63, 3.8) is 0 Å². The molecular weight excluding hydrogens is 535 g/mol. The number of hydrogen-bond acceptors (Lipinski definition) is 5. The van der Waals surface area contributed by atoms with Gasteiger partial charge in [0.25, 0.3) is 0 Å². The van der Waals surface area contributed by atoms with Gasteiger partial charge in [0, 0.05) is 32.5 Å². The predicted octanol–water partition coefficient (Wildman–Crippen LogP) is 5.03. The van der Waals surface area contributed by atoms with E-state index in [4.69, 9.17) is 4.42 Å². The lowest BCUT2D eigenvalue weighted by Gasteiger charge is -2.39. The van der Waals surface area contributed by atoms with Crippen LogP contribution in [0.3, 0.4) is 0 Å². The van der Waals surface area contributed by atoms with E-state index < -0.39 is 0 Å². The highest BCUT2D eigenvalue weighted by molar-refractivity contribution is 14.0. The fourth-order valence-electron chi connectivity index (χ4n) is 4.16. The van der Waals surface area contributed by atoms with E-state index >= 15 is 0 Å². The minimum atomic E-state index is 0. The van der Waals surface area contributed by atoms with Gasteiger partial charge in [0.15, 0.2) is 16.7 Å². The highest BCUT2D eigenvalue weighted by Crippen LogP contribution is 2.31. The zero-order valence-corrected chi connectivity index (χ0v) is 21.3. The van der Waals surface area contributed by atoms with Crippen molar-refractivity contribution in [3.05, 3.63) is 60.9 Å². The van der Waals surface area contributed by atoms with Gasteiger partial charge < -0.3 is 19.2 Å². The number of likely N-dealkylation sites (tertiary alicyclic amines) is 1. The first-order valence-corrected chi connectivity index (χ1v) is 11.4. The number of nitrogens with zero attached hydrogens (tertiary/aromatic N) is 5. The molecule has 1 aromatic carbocycles. The van der Waals surface area contributed by atoms with Crippen LogP contribution in [0.1, 0.15) is 25.1 Å². The summed E-state index contributed by atoms with van der Waals surface area (Å²) >= 11 is 1.65. The van der Waals surface area contributed by atoms with Gasteiger partial charge in [0.1, 0.15) is 5.76 Å². The summed E-state index contributed by atoms with van der Waals surface area (Å²) in [5.41, 5.74) is 1.01. The van der Waals surface area contributed by atoms with Gasteiger partial charge in [-0.1, -0.05) is 19.1 Å². The molecule has 2 atom stereocenters. The second-order valence-electron chi connectivity index (χ2n) is 7.94. The quantitative estimate of drug-likeness (QED) is 0.215. The van der Waals surface area contributed by atoms with E-state index in [1.807, 2.05) is 56.1 Å². The van der Waals surface area contributed by atoms with Crippen molar-refractivity contribution in [2.24, 2.45) is 10.9 Å². The van der Waals surface area contributed by atoms with Crippen molar-refractivity contribution < 1.29 is 4.42 Å². The highest BCUT2D eigenvalue weighted by atomic mass is 127. The molecule has 4 aromatic rings. The second-order valence-corrected chi connectivity index (χ2v) is 8.97. The monoisotopic (exact) mass is 562 g/mol. The lowest BCUT2D eigenvalue weighted by atomic mass is 9.93. The van der Waals surface area contributed by atoms with Crippen LogP contribution in [0.2, 0.25) is 0 Å². The molecule has 5 rings (SSSR count). The molecule has 168 valence electrons. The number of para-hydroxylation sites is 1. The lowest BCUT2D eigenvalue weighted by molar-refractivity contribution is 0.188. The fourth-order valence-corrected chi connectivity index (χ4v) is 5.09. The second kappa shape index (κ2) is 10.0. The molecule has 9 heteroatoms. The molecule has 0 bridgehead atoms. The van der Waals surface area contributed by atoms with Gasteiger partial charge in [-0.3, -0.25) is 4.99 Å². The molecule has 1 fully saturated rings. The van der Waals surface area contributed by atoms with Gasteiger partial charge >= 0.3 is 0 Å². The third-order valence-corrected chi connectivity index (χ3v) is 6.98. The molecule has 1 saturated heterocycles. The van der Waals surface area contributed by atoms with Crippen LogP contribution in [-0.4, -0.2) is 45.5 Å². The van der Waals surface area contributed by atoms with E-state index in [1.165, 1.54) is 4.70 Å². The highest BCUT2D eigenvalue weighted by Gasteiger charge is 2.29. The van der Waals surface area contributed by atoms with Gasteiger partial charge in [0.05, 0.1) is 29.1 Å². The molecule has 0 radical (unpaired) electrons. The number of imidazole rings is 1. The normalized spacial score (nSPS) is 19.2. The molecular formula is C23H27IN6OS. The van der Waals surface area contributed by atoms with Crippen LogP contribution in [0.5, 0.6) is 0 Å². The van der Waals surface area contributed by atoms with E-state index in [0.29, 0.717) is 18.5 Å². The molecule has 3 aromatic heterocycles. The number of furan rings is 1. The topological polar surface area (TPSA) is 71.5 Å². The number of aromatic nitrogens is 3. The Kier molecular flexibility index (Phi) is 7.14. The Morgan fingerprint density at radius 1 is 1.28 bits per heavy atom. The van der Waals surface area contributed by atoms with Crippen LogP contribution >= 0.6 is 35.3 Å². The minimum Gasteiger partial charge on any atom is -0.457 e. The number of nitrogens with one attached hydrogen (secondary N) is 1. The number of aliphatic imine (C=N–C) groups is 1. The largest absolute Gasteiger partial charge is 0.457 e. The summed E-state index contributed by atoms with van der Waals surface area (Å²) in [6.07, 6.45) is 6.92. The van der Waals surface area contributed by atoms with Crippen molar-refractivity contribution in [2.45, 2.75) is 25.9 Å². The van der Waals surface area contributed by atoms with Crippen LogP contribution < -0.4 is 5.32 Å². The minimum absolute atomic E-state index is 0. The van der Waals surface area contributed by atoms with E-state index in [-0.39, 0.29) is 24.0 Å². The number of fused-ring (bicyclic) bond motifs is 1. The summed E-state index contributed by atoms with van der Waals surface area (Å²) in [5.74, 6) is 3.17. The first-order valence-electron chi connectivity index (χ1n) is 10.6. The zero-order chi connectivity index (χ0) is 21.2. The third kappa shape index (κ3) is 4.68. The Labute approximate surface area is 208 Å². The standard InChI is InChI=1S/C23H26N6OS.HI/c1-16-9-11-28(14-19(16)29-12-10-25-15-29)23(24-2)26-13-17-7-8-20(30-17)22-27-18-5-3-4-6-21(18)31-22;/h3-8,10,12,15-16,19H,9,11,13-14H2,1-2H3,(H,24,26);1H. The van der Waals surface area contributed by atoms with Crippen LogP contribution in [0.25, 0.3) is 21.0 Å². The molecule has 0 spiro atoms. The molecule has 32 heavy (non-hydrogen) atoms. The summed E-state index contributed by atoms with van der Waals surface area (Å²) in [6, 6.07) is 12.6. The smallest absolute Gasteiger partial charge is 0.194 e. The van der Waals surface area contributed by atoms with Gasteiger partial charge in [-0.25, -0.2) is 9.97 Å². The zero-order valence-electron chi connectivity index (χ0n) is 18.1. The first kappa shape index (κ1) is 22.8. The average molecular weight is 562 g/mol.